The molecular weight excluding hydrogens is 242 g/mol. The second kappa shape index (κ2) is 5.82. The van der Waals surface area contributed by atoms with Gasteiger partial charge in [0, 0.05) is 0 Å². The Morgan fingerprint density at radius 2 is 1.76 bits per heavy atom. The van der Waals surface area contributed by atoms with E-state index in [4.69, 9.17) is 5.11 Å². The topological polar surface area (TPSA) is 83.5 Å². The summed E-state index contributed by atoms with van der Waals surface area (Å²) in [5.41, 5.74) is -0.0920. The Hall–Kier alpha value is -0.620. The largest absolute Gasteiger partial charge is 0.480 e. The van der Waals surface area contributed by atoms with E-state index in [0.717, 1.165) is 0 Å². The molecule has 0 aromatic carbocycles. The number of rotatable bonds is 6. The quantitative estimate of drug-likeness (QED) is 0.761. The fraction of sp³-hybridized carbons (Fsp3) is 0.909. The minimum atomic E-state index is -3.53. The number of nitrogens with one attached hydrogen (secondary N) is 1. The van der Waals surface area contributed by atoms with Gasteiger partial charge in [0.1, 0.15) is 6.04 Å². The van der Waals surface area contributed by atoms with Crippen molar-refractivity contribution in [3.63, 3.8) is 0 Å². The van der Waals surface area contributed by atoms with Crippen molar-refractivity contribution in [3.05, 3.63) is 0 Å². The predicted molar refractivity (Wildman–Crippen MR) is 67.3 cm³/mol. The summed E-state index contributed by atoms with van der Waals surface area (Å²) in [6.45, 7) is 9.18. The van der Waals surface area contributed by atoms with E-state index in [1.807, 2.05) is 20.8 Å². The van der Waals surface area contributed by atoms with E-state index in [2.05, 4.69) is 4.72 Å². The summed E-state index contributed by atoms with van der Waals surface area (Å²) in [6, 6.07) is -1.06. The van der Waals surface area contributed by atoms with Crippen LogP contribution < -0.4 is 4.72 Å². The molecule has 0 spiro atoms. The van der Waals surface area contributed by atoms with Crippen molar-refractivity contribution in [1.29, 1.82) is 0 Å². The van der Waals surface area contributed by atoms with Gasteiger partial charge in [-0.2, -0.15) is 0 Å². The standard InChI is InChI=1S/C11H23NO4S/c1-8(2)9(10(13)14)12-17(15,16)7-6-11(3,4)5/h8-9,12H,6-7H2,1-5H3,(H,13,14)/t9-/m1/s1. The first-order valence-corrected chi connectivity index (χ1v) is 7.33. The van der Waals surface area contributed by atoms with Gasteiger partial charge in [-0.05, 0) is 17.8 Å². The number of sulfonamides is 1. The molecule has 17 heavy (non-hydrogen) atoms. The molecule has 5 nitrogen and oxygen atoms in total. The molecule has 0 unspecified atom stereocenters. The highest BCUT2D eigenvalue weighted by Gasteiger charge is 2.27. The second-order valence-electron chi connectivity index (χ2n) is 5.81. The molecule has 0 aromatic heterocycles. The van der Waals surface area contributed by atoms with E-state index in [-0.39, 0.29) is 17.1 Å². The number of hydrogen-bond acceptors (Lipinski definition) is 3. The molecule has 102 valence electrons. The zero-order valence-electron chi connectivity index (χ0n) is 11.1. The van der Waals surface area contributed by atoms with E-state index in [0.29, 0.717) is 6.42 Å². The third kappa shape index (κ3) is 7.33. The Balaban J connectivity index is 4.58. The first-order valence-electron chi connectivity index (χ1n) is 5.67. The molecule has 0 aliphatic rings. The monoisotopic (exact) mass is 265 g/mol. The third-order valence-corrected chi connectivity index (χ3v) is 3.71. The van der Waals surface area contributed by atoms with Crippen LogP contribution in [-0.2, 0) is 14.8 Å². The van der Waals surface area contributed by atoms with Gasteiger partial charge < -0.3 is 5.11 Å². The van der Waals surface area contributed by atoms with Gasteiger partial charge in [0.15, 0.2) is 0 Å². The summed E-state index contributed by atoms with van der Waals surface area (Å²) in [6.07, 6.45) is 0.493. The molecule has 0 radical (unpaired) electrons. The lowest BCUT2D eigenvalue weighted by atomic mass is 9.94. The summed E-state index contributed by atoms with van der Waals surface area (Å²) in [5, 5.41) is 8.91. The van der Waals surface area contributed by atoms with E-state index < -0.39 is 22.0 Å². The van der Waals surface area contributed by atoms with Crippen molar-refractivity contribution in [1.82, 2.24) is 4.72 Å². The van der Waals surface area contributed by atoms with Crippen molar-refractivity contribution in [3.8, 4) is 0 Å². The summed E-state index contributed by atoms with van der Waals surface area (Å²) in [5.74, 6) is -1.47. The molecule has 0 amide bonds. The van der Waals surface area contributed by atoms with Crippen LogP contribution in [0, 0.1) is 11.3 Å². The molecule has 6 heteroatoms. The van der Waals surface area contributed by atoms with Crippen molar-refractivity contribution >= 4 is 16.0 Å². The third-order valence-electron chi connectivity index (χ3n) is 2.36. The van der Waals surface area contributed by atoms with Crippen molar-refractivity contribution in [2.45, 2.75) is 47.1 Å². The number of carboxylic acids is 1. The number of hydrogen-bond donors (Lipinski definition) is 2. The summed E-state index contributed by atoms with van der Waals surface area (Å²) in [7, 11) is -3.53. The number of aliphatic carboxylic acids is 1. The van der Waals surface area contributed by atoms with Gasteiger partial charge in [0.05, 0.1) is 5.75 Å². The van der Waals surface area contributed by atoms with Crippen LogP contribution in [0.3, 0.4) is 0 Å². The highest BCUT2D eigenvalue weighted by Crippen LogP contribution is 2.19. The molecule has 0 heterocycles. The van der Waals surface area contributed by atoms with Gasteiger partial charge in [0.2, 0.25) is 10.0 Å². The van der Waals surface area contributed by atoms with Crippen molar-refractivity contribution < 1.29 is 18.3 Å². The average Bonchev–Trinajstić information content (AvgIpc) is 2.09. The zero-order chi connectivity index (χ0) is 13.9. The Bertz CT molecular complexity index is 354. The van der Waals surface area contributed by atoms with Gasteiger partial charge in [-0.3, -0.25) is 4.79 Å². The smallest absolute Gasteiger partial charge is 0.321 e. The second-order valence-corrected chi connectivity index (χ2v) is 7.68. The van der Waals surface area contributed by atoms with E-state index in [1.54, 1.807) is 13.8 Å². The normalized spacial score (nSPS) is 14.9. The Morgan fingerprint density at radius 3 is 2.06 bits per heavy atom. The van der Waals surface area contributed by atoms with Crippen LogP contribution in [0.1, 0.15) is 41.0 Å². The lowest BCUT2D eigenvalue weighted by molar-refractivity contribution is -0.140. The molecule has 0 aliphatic carbocycles. The lowest BCUT2D eigenvalue weighted by Crippen LogP contribution is -2.45. The maximum Gasteiger partial charge on any atom is 0.321 e. The minimum Gasteiger partial charge on any atom is -0.480 e. The summed E-state index contributed by atoms with van der Waals surface area (Å²) < 4.78 is 25.7. The van der Waals surface area contributed by atoms with Gasteiger partial charge >= 0.3 is 5.97 Å². The average molecular weight is 265 g/mol. The van der Waals surface area contributed by atoms with E-state index >= 15 is 0 Å². The molecule has 0 bridgehead atoms. The highest BCUT2D eigenvalue weighted by molar-refractivity contribution is 7.89. The van der Waals surface area contributed by atoms with E-state index in [9.17, 15) is 13.2 Å². The fourth-order valence-corrected chi connectivity index (χ4v) is 2.92. The van der Waals surface area contributed by atoms with Crippen LogP contribution in [0.25, 0.3) is 0 Å². The molecule has 2 N–H and O–H groups in total. The fourth-order valence-electron chi connectivity index (χ4n) is 1.16. The number of carbonyl (C=O) groups is 1. The van der Waals surface area contributed by atoms with Crippen molar-refractivity contribution in [2.75, 3.05) is 5.75 Å². The lowest BCUT2D eigenvalue weighted by Gasteiger charge is -2.21. The Morgan fingerprint density at radius 1 is 1.29 bits per heavy atom. The van der Waals surface area contributed by atoms with Gasteiger partial charge in [-0.15, -0.1) is 0 Å². The first kappa shape index (κ1) is 16.4. The molecule has 0 fully saturated rings. The molecular formula is C11H23NO4S. The zero-order valence-corrected chi connectivity index (χ0v) is 12.0. The molecule has 1 atom stereocenters. The maximum atomic E-state index is 11.7. The molecule has 0 rings (SSSR count). The van der Waals surface area contributed by atoms with E-state index in [1.165, 1.54) is 0 Å². The molecule has 0 aromatic rings. The van der Waals surface area contributed by atoms with Crippen LogP contribution in [0.4, 0.5) is 0 Å². The van der Waals surface area contributed by atoms with Crippen LogP contribution in [0.2, 0.25) is 0 Å². The van der Waals surface area contributed by atoms with Gasteiger partial charge in [-0.25, -0.2) is 13.1 Å². The van der Waals surface area contributed by atoms with Gasteiger partial charge in [-0.1, -0.05) is 34.6 Å². The first-order chi connectivity index (χ1) is 7.44. The SMILES string of the molecule is CC(C)[C@@H](NS(=O)(=O)CCC(C)(C)C)C(=O)O. The minimum absolute atomic E-state index is 0.0486. The molecule has 0 aliphatic heterocycles. The van der Waals surface area contributed by atoms with Crippen molar-refractivity contribution in [2.24, 2.45) is 11.3 Å². The highest BCUT2D eigenvalue weighted by atomic mass is 32.2. The predicted octanol–water partition coefficient (Wildman–Crippen LogP) is 1.45. The van der Waals surface area contributed by atoms with Gasteiger partial charge in [0.25, 0.3) is 0 Å². The number of carboxylic acid groups (broad SMARTS) is 1. The van der Waals surface area contributed by atoms with Crippen LogP contribution in [-0.4, -0.2) is 31.3 Å². The van der Waals surface area contributed by atoms with Crippen LogP contribution in [0.15, 0.2) is 0 Å². The Labute approximate surface area is 104 Å². The summed E-state index contributed by atoms with van der Waals surface area (Å²) >= 11 is 0. The summed E-state index contributed by atoms with van der Waals surface area (Å²) in [4.78, 5) is 10.9. The van der Waals surface area contributed by atoms with Crippen LogP contribution in [0.5, 0.6) is 0 Å². The molecule has 0 saturated carbocycles. The van der Waals surface area contributed by atoms with Crippen LogP contribution >= 0.6 is 0 Å². The maximum absolute atomic E-state index is 11.7. The molecule has 0 saturated heterocycles. The Kier molecular flexibility index (Phi) is 5.61.